The highest BCUT2D eigenvalue weighted by molar-refractivity contribution is 9.10. The molecule has 2 aliphatic heterocycles. The van der Waals surface area contributed by atoms with E-state index in [9.17, 15) is 4.79 Å². The Hall–Kier alpha value is -0.870. The van der Waals surface area contributed by atoms with E-state index in [1.807, 2.05) is 29.2 Å². The minimum absolute atomic E-state index is 0.175. The minimum Gasteiger partial charge on any atom is -0.334 e. The number of fused-ring (bicyclic) bond motifs is 1. The first-order valence-corrected chi connectivity index (χ1v) is 6.82. The minimum atomic E-state index is 0.175. The van der Waals surface area contributed by atoms with Crippen LogP contribution in [0.3, 0.4) is 0 Å². The molecule has 90 valence electrons. The van der Waals surface area contributed by atoms with Crippen LogP contribution in [0.25, 0.3) is 0 Å². The molecule has 3 nitrogen and oxygen atoms in total. The summed E-state index contributed by atoms with van der Waals surface area (Å²) in [4.78, 5) is 14.4. The normalized spacial score (nSPS) is 27.2. The molecule has 0 saturated carbocycles. The zero-order chi connectivity index (χ0) is 11.8. The first kappa shape index (κ1) is 11.2. The second-order valence-electron chi connectivity index (χ2n) is 4.78. The third kappa shape index (κ3) is 2.00. The van der Waals surface area contributed by atoms with Crippen molar-refractivity contribution in [2.45, 2.75) is 12.5 Å². The van der Waals surface area contributed by atoms with Crippen molar-refractivity contribution < 1.29 is 4.79 Å². The van der Waals surface area contributed by atoms with Gasteiger partial charge >= 0.3 is 0 Å². The lowest BCUT2D eigenvalue weighted by molar-refractivity contribution is 0.0737. The van der Waals surface area contributed by atoms with Crippen molar-refractivity contribution >= 4 is 21.8 Å². The Kier molecular flexibility index (Phi) is 2.92. The monoisotopic (exact) mass is 294 g/mol. The Morgan fingerprint density at radius 1 is 1.29 bits per heavy atom. The number of amides is 1. The van der Waals surface area contributed by atoms with E-state index in [1.165, 1.54) is 0 Å². The van der Waals surface area contributed by atoms with Gasteiger partial charge in [-0.25, -0.2) is 0 Å². The van der Waals surface area contributed by atoms with Gasteiger partial charge < -0.3 is 10.2 Å². The van der Waals surface area contributed by atoms with E-state index in [0.717, 1.165) is 36.1 Å². The molecule has 0 spiro atoms. The van der Waals surface area contributed by atoms with Crippen molar-refractivity contribution in [2.75, 3.05) is 19.6 Å². The molecular weight excluding hydrogens is 280 g/mol. The second kappa shape index (κ2) is 4.42. The maximum Gasteiger partial charge on any atom is 0.254 e. The third-order valence-electron chi connectivity index (χ3n) is 3.80. The molecule has 17 heavy (non-hydrogen) atoms. The van der Waals surface area contributed by atoms with Crippen molar-refractivity contribution in [2.24, 2.45) is 5.92 Å². The first-order valence-electron chi connectivity index (χ1n) is 6.03. The summed E-state index contributed by atoms with van der Waals surface area (Å²) in [6.07, 6.45) is 1.14. The fraction of sp³-hybridized carbons (Fsp3) is 0.462. The fourth-order valence-corrected chi connectivity index (χ4v) is 3.12. The molecule has 0 aromatic heterocycles. The lowest BCUT2D eigenvalue weighted by Gasteiger charge is -2.23. The smallest absolute Gasteiger partial charge is 0.254 e. The van der Waals surface area contributed by atoms with E-state index in [2.05, 4.69) is 21.2 Å². The van der Waals surface area contributed by atoms with Gasteiger partial charge in [0.05, 0.1) is 0 Å². The van der Waals surface area contributed by atoms with Gasteiger partial charge in [0, 0.05) is 35.7 Å². The molecule has 2 aliphatic rings. The van der Waals surface area contributed by atoms with Crippen LogP contribution in [0.2, 0.25) is 0 Å². The molecule has 0 bridgehead atoms. The lowest BCUT2D eigenvalue weighted by atomic mass is 10.0. The topological polar surface area (TPSA) is 32.3 Å². The van der Waals surface area contributed by atoms with Gasteiger partial charge in [0.2, 0.25) is 0 Å². The predicted molar refractivity (Wildman–Crippen MR) is 69.9 cm³/mol. The number of carbonyl (C=O) groups excluding carboxylic acids is 1. The summed E-state index contributed by atoms with van der Waals surface area (Å²) in [5.74, 6) is 0.836. The standard InChI is InChI=1S/C13H15BrN2O/c14-11-3-1-9(2-4-11)13(17)16-6-5-10-7-15-8-12(10)16/h1-4,10,12,15H,5-8H2/t10-,12+/m0/s1. The molecule has 4 heteroatoms. The molecular formula is C13H15BrN2O. The molecule has 2 heterocycles. The van der Waals surface area contributed by atoms with E-state index in [-0.39, 0.29) is 5.91 Å². The highest BCUT2D eigenvalue weighted by atomic mass is 79.9. The summed E-state index contributed by atoms with van der Waals surface area (Å²) in [6, 6.07) is 8.04. The van der Waals surface area contributed by atoms with Gasteiger partial charge in [-0.3, -0.25) is 4.79 Å². The number of hydrogen-bond acceptors (Lipinski definition) is 2. The van der Waals surface area contributed by atoms with Crippen LogP contribution in [0.1, 0.15) is 16.8 Å². The number of hydrogen-bond donors (Lipinski definition) is 1. The summed E-state index contributed by atoms with van der Waals surface area (Å²) < 4.78 is 1.01. The van der Waals surface area contributed by atoms with E-state index in [4.69, 9.17) is 0 Å². The average molecular weight is 295 g/mol. The first-order chi connectivity index (χ1) is 8.25. The van der Waals surface area contributed by atoms with Gasteiger partial charge in [-0.15, -0.1) is 0 Å². The van der Waals surface area contributed by atoms with Crippen LogP contribution >= 0.6 is 15.9 Å². The summed E-state index contributed by atoms with van der Waals surface area (Å²) in [7, 11) is 0. The summed E-state index contributed by atoms with van der Waals surface area (Å²) in [5, 5.41) is 3.37. The molecule has 2 saturated heterocycles. The molecule has 2 atom stereocenters. The van der Waals surface area contributed by atoms with Crippen LogP contribution in [0.5, 0.6) is 0 Å². The number of benzene rings is 1. The van der Waals surface area contributed by atoms with Crippen molar-refractivity contribution in [3.05, 3.63) is 34.3 Å². The van der Waals surface area contributed by atoms with Crippen LogP contribution in [0.15, 0.2) is 28.7 Å². The van der Waals surface area contributed by atoms with Crippen molar-refractivity contribution in [1.29, 1.82) is 0 Å². The highest BCUT2D eigenvalue weighted by Gasteiger charge is 2.39. The van der Waals surface area contributed by atoms with E-state index in [0.29, 0.717) is 12.0 Å². The van der Waals surface area contributed by atoms with Gasteiger partial charge in [-0.1, -0.05) is 15.9 Å². The van der Waals surface area contributed by atoms with Crippen molar-refractivity contribution in [3.8, 4) is 0 Å². The van der Waals surface area contributed by atoms with Gasteiger partial charge in [0.15, 0.2) is 0 Å². The molecule has 1 amide bonds. The molecule has 0 radical (unpaired) electrons. The van der Waals surface area contributed by atoms with Crippen LogP contribution in [-0.2, 0) is 0 Å². The third-order valence-corrected chi connectivity index (χ3v) is 4.33. The number of rotatable bonds is 1. The molecule has 1 aromatic rings. The number of likely N-dealkylation sites (tertiary alicyclic amines) is 1. The molecule has 1 N–H and O–H groups in total. The maximum atomic E-state index is 12.4. The summed E-state index contributed by atoms with van der Waals surface area (Å²) >= 11 is 3.39. The summed E-state index contributed by atoms with van der Waals surface area (Å²) in [5.41, 5.74) is 0.792. The van der Waals surface area contributed by atoms with Gasteiger partial charge in [-0.2, -0.15) is 0 Å². The quantitative estimate of drug-likeness (QED) is 0.858. The van der Waals surface area contributed by atoms with Crippen LogP contribution < -0.4 is 5.32 Å². The number of nitrogens with one attached hydrogen (secondary N) is 1. The van der Waals surface area contributed by atoms with Gasteiger partial charge in [0.25, 0.3) is 5.91 Å². The zero-order valence-corrected chi connectivity index (χ0v) is 11.1. The molecule has 2 fully saturated rings. The highest BCUT2D eigenvalue weighted by Crippen LogP contribution is 2.28. The van der Waals surface area contributed by atoms with Crippen LogP contribution in [0.4, 0.5) is 0 Å². The largest absolute Gasteiger partial charge is 0.334 e. The number of halogens is 1. The maximum absolute atomic E-state index is 12.4. The molecule has 0 aliphatic carbocycles. The Morgan fingerprint density at radius 3 is 2.82 bits per heavy atom. The number of nitrogens with zero attached hydrogens (tertiary/aromatic N) is 1. The predicted octanol–water partition coefficient (Wildman–Crippen LogP) is 1.88. The van der Waals surface area contributed by atoms with Gasteiger partial charge in [-0.05, 0) is 36.6 Å². The average Bonchev–Trinajstić information content (AvgIpc) is 2.90. The van der Waals surface area contributed by atoms with E-state index < -0.39 is 0 Å². The Bertz CT molecular complexity index is 432. The van der Waals surface area contributed by atoms with Crippen LogP contribution in [0, 0.1) is 5.92 Å². The lowest BCUT2D eigenvalue weighted by Crippen LogP contribution is -2.39. The Morgan fingerprint density at radius 2 is 2.06 bits per heavy atom. The van der Waals surface area contributed by atoms with E-state index >= 15 is 0 Å². The summed E-state index contributed by atoms with van der Waals surface area (Å²) in [6.45, 7) is 2.92. The molecule has 3 rings (SSSR count). The van der Waals surface area contributed by atoms with E-state index in [1.54, 1.807) is 0 Å². The van der Waals surface area contributed by atoms with Crippen molar-refractivity contribution in [3.63, 3.8) is 0 Å². The second-order valence-corrected chi connectivity index (χ2v) is 5.70. The van der Waals surface area contributed by atoms with Crippen LogP contribution in [-0.4, -0.2) is 36.5 Å². The SMILES string of the molecule is O=C(c1ccc(Br)cc1)N1CC[C@H]2CNC[C@H]21. The number of carbonyl (C=O) groups is 1. The van der Waals surface area contributed by atoms with Crippen molar-refractivity contribution in [1.82, 2.24) is 10.2 Å². The fourth-order valence-electron chi connectivity index (χ4n) is 2.86. The Balaban J connectivity index is 1.80. The zero-order valence-electron chi connectivity index (χ0n) is 9.53. The van der Waals surface area contributed by atoms with Gasteiger partial charge in [0.1, 0.15) is 0 Å². The molecule has 0 unspecified atom stereocenters. The Labute approximate surface area is 109 Å². The molecule has 1 aromatic carbocycles.